The van der Waals surface area contributed by atoms with E-state index >= 15 is 0 Å². The second kappa shape index (κ2) is 8.71. The minimum Gasteiger partial charge on any atom is -0.395 e. The lowest BCUT2D eigenvalue weighted by atomic mass is 10.0. The molecule has 3 aromatic rings. The second-order valence-electron chi connectivity index (χ2n) is 7.53. The zero-order valence-corrected chi connectivity index (χ0v) is 16.5. The first-order chi connectivity index (χ1) is 13.8. The van der Waals surface area contributed by atoms with Crippen molar-refractivity contribution in [1.29, 1.82) is 0 Å². The van der Waals surface area contributed by atoms with Crippen molar-refractivity contribution in [3.8, 4) is 0 Å². The first-order valence-electron chi connectivity index (χ1n) is 10.2. The molecule has 1 aliphatic heterocycles. The first-order valence-corrected chi connectivity index (χ1v) is 10.2. The Hall–Kier alpha value is -2.44. The number of nitrogens with one attached hydrogen (secondary N) is 1. The van der Waals surface area contributed by atoms with Crippen LogP contribution in [-0.2, 0) is 6.54 Å². The van der Waals surface area contributed by atoms with E-state index in [1.165, 1.54) is 0 Å². The van der Waals surface area contributed by atoms with Gasteiger partial charge in [-0.15, -0.1) is 0 Å². The van der Waals surface area contributed by atoms with E-state index in [-0.39, 0.29) is 12.6 Å². The summed E-state index contributed by atoms with van der Waals surface area (Å²) in [6, 6.07) is 15.0. The molecule has 28 heavy (non-hydrogen) atoms. The van der Waals surface area contributed by atoms with Crippen molar-refractivity contribution >= 4 is 17.0 Å². The number of imidazole rings is 1. The Morgan fingerprint density at radius 3 is 2.64 bits per heavy atom. The highest BCUT2D eigenvalue weighted by Gasteiger charge is 2.25. The maximum Gasteiger partial charge on any atom is 0.204 e. The Morgan fingerprint density at radius 1 is 1.14 bits per heavy atom. The van der Waals surface area contributed by atoms with Gasteiger partial charge in [-0.25, -0.2) is 4.98 Å². The van der Waals surface area contributed by atoms with Gasteiger partial charge in [0.15, 0.2) is 0 Å². The van der Waals surface area contributed by atoms with Gasteiger partial charge in [0.25, 0.3) is 0 Å². The van der Waals surface area contributed by atoms with Gasteiger partial charge in [-0.3, -0.25) is 9.88 Å². The summed E-state index contributed by atoms with van der Waals surface area (Å²) in [6.45, 7) is 5.11. The number of benzene rings is 1. The van der Waals surface area contributed by atoms with Crippen LogP contribution in [0.5, 0.6) is 0 Å². The standard InChI is InChI=1S/C22H29N5O/c1-2-19(16-28)26-13-10-17(11-14-26)24-22-25-20-8-3-4-9-21(20)27(22)15-18-7-5-6-12-23-18/h3-9,12,17,19,28H,2,10-11,13-16H2,1H3,(H,24,25). The van der Waals surface area contributed by atoms with E-state index in [1.54, 1.807) is 0 Å². The first kappa shape index (κ1) is 18.9. The van der Waals surface area contributed by atoms with E-state index < -0.39 is 0 Å². The third-order valence-corrected chi connectivity index (χ3v) is 5.76. The normalized spacial score (nSPS) is 17.1. The van der Waals surface area contributed by atoms with Crippen molar-refractivity contribution in [2.45, 2.75) is 44.8 Å². The fourth-order valence-corrected chi connectivity index (χ4v) is 4.09. The summed E-state index contributed by atoms with van der Waals surface area (Å²) < 4.78 is 2.23. The van der Waals surface area contributed by atoms with Crippen molar-refractivity contribution in [2.75, 3.05) is 25.0 Å². The van der Waals surface area contributed by atoms with Crippen molar-refractivity contribution < 1.29 is 5.11 Å². The number of rotatable bonds is 7. The number of hydrogen-bond acceptors (Lipinski definition) is 5. The zero-order chi connectivity index (χ0) is 19.3. The minimum atomic E-state index is 0.245. The Labute approximate surface area is 166 Å². The van der Waals surface area contributed by atoms with Gasteiger partial charge >= 0.3 is 0 Å². The van der Waals surface area contributed by atoms with Gasteiger partial charge < -0.3 is 15.0 Å². The molecule has 148 valence electrons. The molecule has 1 aromatic carbocycles. The molecule has 0 aliphatic carbocycles. The lowest BCUT2D eigenvalue weighted by molar-refractivity contribution is 0.0980. The summed E-state index contributed by atoms with van der Waals surface area (Å²) >= 11 is 0. The predicted octanol–water partition coefficient (Wildman–Crippen LogP) is 3.13. The van der Waals surface area contributed by atoms with Crippen LogP contribution in [0.15, 0.2) is 48.7 Å². The van der Waals surface area contributed by atoms with E-state index in [4.69, 9.17) is 4.98 Å². The number of aromatic nitrogens is 3. The number of hydrogen-bond donors (Lipinski definition) is 2. The maximum atomic E-state index is 9.56. The third-order valence-electron chi connectivity index (χ3n) is 5.76. The smallest absolute Gasteiger partial charge is 0.204 e. The molecule has 2 N–H and O–H groups in total. The Bertz CT molecular complexity index is 882. The van der Waals surface area contributed by atoms with Gasteiger partial charge in [0, 0.05) is 31.4 Å². The third kappa shape index (κ3) is 4.03. The largest absolute Gasteiger partial charge is 0.395 e. The lowest BCUT2D eigenvalue weighted by Crippen LogP contribution is -2.46. The lowest BCUT2D eigenvalue weighted by Gasteiger charge is -2.36. The number of piperidine rings is 1. The number of pyridine rings is 1. The average molecular weight is 380 g/mol. The number of aliphatic hydroxyl groups excluding tert-OH is 1. The van der Waals surface area contributed by atoms with Crippen LogP contribution in [0.4, 0.5) is 5.95 Å². The Kier molecular flexibility index (Phi) is 5.88. The highest BCUT2D eigenvalue weighted by molar-refractivity contribution is 5.78. The van der Waals surface area contributed by atoms with Gasteiger partial charge in [-0.1, -0.05) is 25.1 Å². The molecule has 6 heteroatoms. The molecule has 1 saturated heterocycles. The molecule has 0 bridgehead atoms. The molecular weight excluding hydrogens is 350 g/mol. The van der Waals surface area contributed by atoms with Crippen LogP contribution in [0.1, 0.15) is 31.9 Å². The number of nitrogens with zero attached hydrogens (tertiary/aromatic N) is 4. The summed E-state index contributed by atoms with van der Waals surface area (Å²) in [5, 5.41) is 13.2. The highest BCUT2D eigenvalue weighted by Crippen LogP contribution is 2.24. The quantitative estimate of drug-likeness (QED) is 0.660. The maximum absolute atomic E-state index is 9.56. The molecule has 1 atom stereocenters. The molecule has 1 unspecified atom stereocenters. The summed E-state index contributed by atoms with van der Waals surface area (Å²) in [6.07, 6.45) is 4.95. The van der Waals surface area contributed by atoms with Crippen LogP contribution in [-0.4, -0.2) is 56.3 Å². The molecule has 6 nitrogen and oxygen atoms in total. The topological polar surface area (TPSA) is 66.2 Å². The summed E-state index contributed by atoms with van der Waals surface area (Å²) in [4.78, 5) is 11.8. The van der Waals surface area contributed by atoms with Gasteiger partial charge in [0.2, 0.25) is 5.95 Å². The van der Waals surface area contributed by atoms with Crippen LogP contribution >= 0.6 is 0 Å². The van der Waals surface area contributed by atoms with Gasteiger partial charge in [-0.05, 0) is 43.5 Å². The van der Waals surface area contributed by atoms with Crippen molar-refractivity contribution in [1.82, 2.24) is 19.4 Å². The SMILES string of the molecule is CCC(CO)N1CCC(Nc2nc3ccccc3n2Cc2ccccn2)CC1. The fourth-order valence-electron chi connectivity index (χ4n) is 4.09. The van der Waals surface area contributed by atoms with Gasteiger partial charge in [-0.2, -0.15) is 0 Å². The van der Waals surface area contributed by atoms with E-state index in [0.717, 1.165) is 55.0 Å². The molecule has 3 heterocycles. The second-order valence-corrected chi connectivity index (χ2v) is 7.53. The molecule has 0 spiro atoms. The van der Waals surface area contributed by atoms with E-state index in [2.05, 4.69) is 51.0 Å². The number of anilines is 1. The molecule has 4 rings (SSSR count). The number of fused-ring (bicyclic) bond motifs is 1. The van der Waals surface area contributed by atoms with E-state index in [0.29, 0.717) is 12.6 Å². The number of para-hydroxylation sites is 2. The molecule has 1 aliphatic rings. The van der Waals surface area contributed by atoms with Crippen LogP contribution in [0, 0.1) is 0 Å². The molecule has 2 aromatic heterocycles. The number of aliphatic hydroxyl groups is 1. The molecule has 0 saturated carbocycles. The van der Waals surface area contributed by atoms with Gasteiger partial charge in [0.1, 0.15) is 0 Å². The highest BCUT2D eigenvalue weighted by atomic mass is 16.3. The summed E-state index contributed by atoms with van der Waals surface area (Å²) in [5.41, 5.74) is 3.15. The van der Waals surface area contributed by atoms with E-state index in [9.17, 15) is 5.11 Å². The summed E-state index contributed by atoms with van der Waals surface area (Å²) in [5.74, 6) is 0.916. The predicted molar refractivity (Wildman–Crippen MR) is 112 cm³/mol. The van der Waals surface area contributed by atoms with Crippen LogP contribution in [0.2, 0.25) is 0 Å². The van der Waals surface area contributed by atoms with Crippen LogP contribution < -0.4 is 5.32 Å². The zero-order valence-electron chi connectivity index (χ0n) is 16.5. The molecular formula is C22H29N5O. The Morgan fingerprint density at radius 2 is 1.93 bits per heavy atom. The van der Waals surface area contributed by atoms with Crippen LogP contribution in [0.3, 0.4) is 0 Å². The van der Waals surface area contributed by atoms with Crippen molar-refractivity contribution in [3.05, 3.63) is 54.4 Å². The number of likely N-dealkylation sites (tertiary alicyclic amines) is 1. The monoisotopic (exact) mass is 379 g/mol. The van der Waals surface area contributed by atoms with Crippen molar-refractivity contribution in [3.63, 3.8) is 0 Å². The molecule has 0 amide bonds. The van der Waals surface area contributed by atoms with Crippen LogP contribution in [0.25, 0.3) is 11.0 Å². The summed E-state index contributed by atoms with van der Waals surface area (Å²) in [7, 11) is 0. The fraction of sp³-hybridized carbons (Fsp3) is 0.455. The average Bonchev–Trinajstić information content (AvgIpc) is 3.08. The molecule has 1 fully saturated rings. The van der Waals surface area contributed by atoms with Crippen molar-refractivity contribution in [2.24, 2.45) is 0 Å². The minimum absolute atomic E-state index is 0.245. The van der Waals surface area contributed by atoms with E-state index in [1.807, 2.05) is 24.4 Å². The van der Waals surface area contributed by atoms with Gasteiger partial charge in [0.05, 0.1) is 29.9 Å². The Balaban J connectivity index is 1.52. The molecule has 0 radical (unpaired) electrons.